The van der Waals surface area contributed by atoms with Gasteiger partial charge in [0.05, 0.1) is 5.57 Å². The lowest BCUT2D eigenvalue weighted by Gasteiger charge is -2.27. The lowest BCUT2D eigenvalue weighted by molar-refractivity contribution is -0.116. The van der Waals surface area contributed by atoms with E-state index in [1.807, 2.05) is 36.4 Å². The Kier molecular flexibility index (Phi) is 6.16. The van der Waals surface area contributed by atoms with Gasteiger partial charge in [-0.25, -0.2) is 4.98 Å². The zero-order valence-corrected chi connectivity index (χ0v) is 15.6. The van der Waals surface area contributed by atoms with Crippen LogP contribution in [0.3, 0.4) is 0 Å². The number of nitrogen functional groups attached to an aromatic ring is 1. The highest BCUT2D eigenvalue weighted by atomic mass is 32.1. The topological polar surface area (TPSA) is 100 Å². The van der Waals surface area contributed by atoms with Gasteiger partial charge < -0.3 is 21.5 Å². The number of para-hydroxylation sites is 1. The molecular weight excluding hydrogens is 360 g/mol. The highest BCUT2D eigenvalue weighted by molar-refractivity contribution is 7.81. The molecule has 1 unspecified atom stereocenters. The maximum atomic E-state index is 12.7. The number of aliphatic hydroxyl groups is 1. The standard InChI is InChI=1S/C20H22N4O2S/c21-18-10-13(6-7-22-18)11-23-16-8-14(12-25)9-17(26)19(16)20(27)24-15-4-2-1-3-5-15/h1-7,10,14,23,25H,8-9,11-12H2,(H2,21,22)(H,24,27). The summed E-state index contributed by atoms with van der Waals surface area (Å²) in [5.41, 5.74) is 8.74. The Morgan fingerprint density at radius 3 is 2.74 bits per heavy atom. The number of benzene rings is 1. The van der Waals surface area contributed by atoms with Crippen LogP contribution >= 0.6 is 12.2 Å². The maximum Gasteiger partial charge on any atom is 0.167 e. The molecule has 27 heavy (non-hydrogen) atoms. The molecule has 2 aromatic rings. The molecule has 3 rings (SSSR count). The number of hydrogen-bond acceptors (Lipinski definition) is 6. The van der Waals surface area contributed by atoms with Gasteiger partial charge in [0.15, 0.2) is 5.78 Å². The van der Waals surface area contributed by atoms with Crippen LogP contribution in [0.2, 0.25) is 0 Å². The Bertz CT molecular complexity index is 867. The van der Waals surface area contributed by atoms with Gasteiger partial charge >= 0.3 is 0 Å². The number of anilines is 2. The van der Waals surface area contributed by atoms with Gasteiger partial charge in [-0.3, -0.25) is 4.79 Å². The zero-order valence-electron chi connectivity index (χ0n) is 14.8. The van der Waals surface area contributed by atoms with Crippen molar-refractivity contribution in [3.63, 3.8) is 0 Å². The molecule has 1 aliphatic rings. The second-order valence-electron chi connectivity index (χ2n) is 6.50. The summed E-state index contributed by atoms with van der Waals surface area (Å²) in [4.78, 5) is 17.1. The first-order chi connectivity index (χ1) is 13.1. The van der Waals surface area contributed by atoms with Crippen LogP contribution in [0.1, 0.15) is 18.4 Å². The summed E-state index contributed by atoms with van der Waals surface area (Å²) >= 11 is 5.51. The summed E-state index contributed by atoms with van der Waals surface area (Å²) in [5.74, 6) is 0.272. The quantitative estimate of drug-likeness (QED) is 0.569. The summed E-state index contributed by atoms with van der Waals surface area (Å²) in [5, 5.41) is 16.0. The van der Waals surface area contributed by atoms with Crippen molar-refractivity contribution in [3.8, 4) is 0 Å². The third-order valence-electron chi connectivity index (χ3n) is 4.42. The molecule has 0 saturated carbocycles. The van der Waals surface area contributed by atoms with Gasteiger partial charge in [0, 0.05) is 37.2 Å². The van der Waals surface area contributed by atoms with E-state index >= 15 is 0 Å². The molecule has 1 atom stereocenters. The Labute approximate surface area is 163 Å². The van der Waals surface area contributed by atoms with Crippen molar-refractivity contribution in [2.45, 2.75) is 19.4 Å². The SMILES string of the molecule is Nc1cc(CNC2=C(C(=S)Nc3ccccc3)C(=O)CC(CO)C2)ccn1. The van der Waals surface area contributed by atoms with E-state index in [-0.39, 0.29) is 24.7 Å². The summed E-state index contributed by atoms with van der Waals surface area (Å²) in [6, 6.07) is 13.1. The van der Waals surface area contributed by atoms with Crippen molar-refractivity contribution in [3.05, 3.63) is 65.5 Å². The summed E-state index contributed by atoms with van der Waals surface area (Å²) in [7, 11) is 0. The number of thiocarbonyl (C=S) groups is 1. The number of ketones is 1. The molecule has 0 bridgehead atoms. The Morgan fingerprint density at radius 1 is 1.26 bits per heavy atom. The van der Waals surface area contributed by atoms with Crippen molar-refractivity contribution >= 4 is 34.5 Å². The van der Waals surface area contributed by atoms with Gasteiger partial charge in [-0.05, 0) is 42.2 Å². The normalized spacial score (nSPS) is 16.9. The molecule has 1 aromatic carbocycles. The number of nitrogens with zero attached hydrogens (tertiary/aromatic N) is 1. The van der Waals surface area contributed by atoms with E-state index in [4.69, 9.17) is 18.0 Å². The lowest BCUT2D eigenvalue weighted by atomic mass is 9.86. The minimum Gasteiger partial charge on any atom is -0.396 e. The first kappa shape index (κ1) is 19.0. The fourth-order valence-corrected chi connectivity index (χ4v) is 3.43. The van der Waals surface area contributed by atoms with E-state index in [0.29, 0.717) is 29.3 Å². The third kappa shape index (κ3) is 4.90. The molecular formula is C20H22N4O2S. The van der Waals surface area contributed by atoms with Crippen molar-refractivity contribution in [2.24, 2.45) is 5.92 Å². The number of carbonyl (C=O) groups excluding carboxylic acids is 1. The Balaban J connectivity index is 1.83. The molecule has 0 fully saturated rings. The molecule has 0 amide bonds. The minimum absolute atomic E-state index is 0.0364. The van der Waals surface area contributed by atoms with Gasteiger partial charge in [0.2, 0.25) is 0 Å². The van der Waals surface area contributed by atoms with Crippen LogP contribution in [0, 0.1) is 5.92 Å². The van der Waals surface area contributed by atoms with Crippen molar-refractivity contribution < 1.29 is 9.90 Å². The number of aliphatic hydroxyl groups excluding tert-OH is 1. The van der Waals surface area contributed by atoms with Crippen LogP contribution in [-0.2, 0) is 11.3 Å². The second-order valence-corrected chi connectivity index (χ2v) is 6.90. The van der Waals surface area contributed by atoms with E-state index in [0.717, 1.165) is 16.9 Å². The van der Waals surface area contributed by atoms with E-state index < -0.39 is 0 Å². The maximum absolute atomic E-state index is 12.7. The molecule has 0 spiro atoms. The third-order valence-corrected chi connectivity index (χ3v) is 4.72. The molecule has 5 N–H and O–H groups in total. The molecule has 1 heterocycles. The lowest BCUT2D eigenvalue weighted by Crippen LogP contribution is -2.33. The molecule has 1 aromatic heterocycles. The van der Waals surface area contributed by atoms with Crippen LogP contribution in [0.25, 0.3) is 0 Å². The fourth-order valence-electron chi connectivity index (χ4n) is 3.08. The van der Waals surface area contributed by atoms with Gasteiger partial charge in [-0.1, -0.05) is 30.4 Å². The Hall–Kier alpha value is -2.77. The van der Waals surface area contributed by atoms with E-state index in [9.17, 15) is 9.90 Å². The van der Waals surface area contributed by atoms with E-state index in [1.165, 1.54) is 0 Å². The molecule has 140 valence electrons. The number of hydrogen-bond donors (Lipinski definition) is 4. The molecule has 7 heteroatoms. The first-order valence-electron chi connectivity index (χ1n) is 8.74. The van der Waals surface area contributed by atoms with Crippen LogP contribution in [0.15, 0.2) is 59.9 Å². The number of pyridine rings is 1. The molecule has 0 radical (unpaired) electrons. The van der Waals surface area contributed by atoms with Crippen molar-refractivity contribution in [1.29, 1.82) is 0 Å². The molecule has 1 aliphatic carbocycles. The van der Waals surface area contributed by atoms with Crippen LogP contribution in [-0.4, -0.2) is 27.5 Å². The van der Waals surface area contributed by atoms with E-state index in [1.54, 1.807) is 12.3 Å². The van der Waals surface area contributed by atoms with Gasteiger partial charge in [-0.15, -0.1) is 0 Å². The minimum atomic E-state index is -0.106. The highest BCUT2D eigenvalue weighted by Gasteiger charge is 2.29. The van der Waals surface area contributed by atoms with Gasteiger partial charge in [-0.2, -0.15) is 0 Å². The molecule has 6 nitrogen and oxygen atoms in total. The number of Topliss-reactive ketones (excluding diaryl/α,β-unsaturated/α-hetero) is 1. The predicted molar refractivity (Wildman–Crippen MR) is 110 cm³/mol. The van der Waals surface area contributed by atoms with Crippen molar-refractivity contribution in [1.82, 2.24) is 10.3 Å². The first-order valence-corrected chi connectivity index (χ1v) is 9.15. The van der Waals surface area contributed by atoms with Crippen molar-refractivity contribution in [2.75, 3.05) is 17.7 Å². The predicted octanol–water partition coefficient (Wildman–Crippen LogP) is 2.42. The average Bonchev–Trinajstić information content (AvgIpc) is 2.66. The zero-order chi connectivity index (χ0) is 19.2. The number of carbonyl (C=O) groups is 1. The van der Waals surface area contributed by atoms with Gasteiger partial charge in [0.1, 0.15) is 10.8 Å². The largest absolute Gasteiger partial charge is 0.396 e. The Morgan fingerprint density at radius 2 is 2.04 bits per heavy atom. The highest BCUT2D eigenvalue weighted by Crippen LogP contribution is 2.27. The summed E-state index contributed by atoms with van der Waals surface area (Å²) < 4.78 is 0. The fraction of sp³-hybridized carbons (Fsp3) is 0.250. The number of nitrogens with two attached hydrogens (primary N) is 1. The van der Waals surface area contributed by atoms with Crippen LogP contribution in [0.5, 0.6) is 0 Å². The number of nitrogens with one attached hydrogen (secondary N) is 2. The second kappa shape index (κ2) is 8.75. The van der Waals surface area contributed by atoms with E-state index in [2.05, 4.69) is 15.6 Å². The molecule has 0 saturated heterocycles. The van der Waals surface area contributed by atoms with Gasteiger partial charge in [0.25, 0.3) is 0 Å². The smallest absolute Gasteiger partial charge is 0.167 e. The summed E-state index contributed by atoms with van der Waals surface area (Å²) in [6.45, 7) is 0.455. The number of aromatic nitrogens is 1. The number of allylic oxidation sites excluding steroid dienone is 1. The summed E-state index contributed by atoms with van der Waals surface area (Å²) in [6.07, 6.45) is 2.50. The molecule has 0 aliphatic heterocycles. The van der Waals surface area contributed by atoms with Crippen LogP contribution in [0.4, 0.5) is 11.5 Å². The monoisotopic (exact) mass is 382 g/mol. The number of rotatable bonds is 6. The average molecular weight is 382 g/mol. The van der Waals surface area contributed by atoms with Crippen LogP contribution < -0.4 is 16.4 Å².